The summed E-state index contributed by atoms with van der Waals surface area (Å²) in [5.74, 6) is -0.139. The predicted octanol–water partition coefficient (Wildman–Crippen LogP) is 0.798. The molecule has 0 aromatic heterocycles. The molecule has 0 unspecified atom stereocenters. The fourth-order valence-corrected chi connectivity index (χ4v) is 2.67. The first-order chi connectivity index (χ1) is 10.3. The van der Waals surface area contributed by atoms with Crippen LogP contribution in [0.5, 0.6) is 0 Å². The fourth-order valence-electron chi connectivity index (χ4n) is 2.67. The van der Waals surface area contributed by atoms with E-state index in [0.29, 0.717) is 13.2 Å². The van der Waals surface area contributed by atoms with E-state index in [2.05, 4.69) is 18.2 Å². The average molecular weight is 286 g/mol. The minimum atomic E-state index is -0.139. The lowest BCUT2D eigenvalue weighted by Crippen LogP contribution is -3.15. The molecule has 0 atom stereocenters. The normalized spacial score (nSPS) is 16.0. The molecule has 1 heterocycles. The highest BCUT2D eigenvalue weighted by Crippen LogP contribution is 2.18. The Morgan fingerprint density at radius 2 is 1.86 bits per heavy atom. The van der Waals surface area contributed by atoms with Gasteiger partial charge in [-0.3, -0.25) is 0 Å². The van der Waals surface area contributed by atoms with Gasteiger partial charge in [-0.25, -0.2) is 4.79 Å². The van der Waals surface area contributed by atoms with Crippen molar-refractivity contribution in [2.45, 2.75) is 6.61 Å². The number of morpholine rings is 1. The van der Waals surface area contributed by atoms with Crippen LogP contribution >= 0.6 is 0 Å². The number of nitrogens with one attached hydrogen (secondary N) is 1. The standard InChI is InChI=1S/C17H19NO3/c19-17(12-18-8-10-20-11-9-18)21-13-15-6-3-5-14-4-1-2-7-16(14)15/h1-7H,8-13H2/p+1. The Hall–Kier alpha value is -1.91. The summed E-state index contributed by atoms with van der Waals surface area (Å²) >= 11 is 0. The monoisotopic (exact) mass is 286 g/mol. The van der Waals surface area contributed by atoms with Crippen LogP contribution in [0.2, 0.25) is 0 Å². The van der Waals surface area contributed by atoms with Crippen LogP contribution in [0.3, 0.4) is 0 Å². The first kappa shape index (κ1) is 14.0. The topological polar surface area (TPSA) is 40.0 Å². The van der Waals surface area contributed by atoms with Crippen molar-refractivity contribution in [1.82, 2.24) is 0 Å². The van der Waals surface area contributed by atoms with Gasteiger partial charge in [0.15, 0.2) is 6.54 Å². The molecule has 1 aliphatic rings. The second-order valence-corrected chi connectivity index (χ2v) is 5.34. The van der Waals surface area contributed by atoms with Gasteiger partial charge < -0.3 is 14.4 Å². The Morgan fingerprint density at radius 3 is 2.71 bits per heavy atom. The van der Waals surface area contributed by atoms with E-state index in [9.17, 15) is 4.79 Å². The zero-order chi connectivity index (χ0) is 14.5. The van der Waals surface area contributed by atoms with Crippen LogP contribution in [0, 0.1) is 0 Å². The van der Waals surface area contributed by atoms with Crippen molar-refractivity contribution in [3.8, 4) is 0 Å². The molecule has 21 heavy (non-hydrogen) atoms. The molecule has 2 aromatic rings. The second-order valence-electron chi connectivity index (χ2n) is 5.34. The number of benzene rings is 2. The number of rotatable bonds is 4. The molecule has 4 nitrogen and oxygen atoms in total. The maximum Gasteiger partial charge on any atom is 0.362 e. The number of carbonyl (C=O) groups excluding carboxylic acids is 1. The Kier molecular flexibility index (Phi) is 4.48. The number of fused-ring (bicyclic) bond motifs is 1. The summed E-state index contributed by atoms with van der Waals surface area (Å²) in [5.41, 5.74) is 1.05. The molecule has 110 valence electrons. The molecular weight excluding hydrogens is 266 g/mol. The molecule has 3 rings (SSSR count). The van der Waals surface area contributed by atoms with Crippen LogP contribution in [-0.4, -0.2) is 38.8 Å². The smallest absolute Gasteiger partial charge is 0.362 e. The maximum atomic E-state index is 11.9. The van der Waals surface area contributed by atoms with E-state index in [1.807, 2.05) is 24.3 Å². The molecule has 2 aromatic carbocycles. The quantitative estimate of drug-likeness (QED) is 0.845. The summed E-state index contributed by atoms with van der Waals surface area (Å²) in [6.07, 6.45) is 0. The summed E-state index contributed by atoms with van der Waals surface area (Å²) in [6.45, 7) is 3.97. The van der Waals surface area contributed by atoms with Crippen molar-refractivity contribution in [3.63, 3.8) is 0 Å². The van der Waals surface area contributed by atoms with E-state index in [-0.39, 0.29) is 5.97 Å². The lowest BCUT2D eigenvalue weighted by molar-refractivity contribution is -0.900. The number of hydrogen-bond acceptors (Lipinski definition) is 3. The van der Waals surface area contributed by atoms with Gasteiger partial charge in [0.25, 0.3) is 0 Å². The largest absolute Gasteiger partial charge is 0.457 e. The van der Waals surface area contributed by atoms with E-state index in [4.69, 9.17) is 9.47 Å². The Morgan fingerprint density at radius 1 is 1.10 bits per heavy atom. The van der Waals surface area contributed by atoms with Crippen LogP contribution in [0.15, 0.2) is 42.5 Å². The van der Waals surface area contributed by atoms with Crippen molar-refractivity contribution in [2.24, 2.45) is 0 Å². The third-order valence-corrected chi connectivity index (χ3v) is 3.86. The van der Waals surface area contributed by atoms with Gasteiger partial charge in [0.2, 0.25) is 0 Å². The van der Waals surface area contributed by atoms with Crippen LogP contribution in [0.25, 0.3) is 10.8 Å². The molecule has 0 bridgehead atoms. The minimum Gasteiger partial charge on any atom is -0.457 e. The lowest BCUT2D eigenvalue weighted by Gasteiger charge is -2.22. The van der Waals surface area contributed by atoms with E-state index in [0.717, 1.165) is 37.3 Å². The van der Waals surface area contributed by atoms with Crippen molar-refractivity contribution in [2.75, 3.05) is 32.8 Å². The summed E-state index contributed by atoms with van der Waals surface area (Å²) < 4.78 is 10.7. The van der Waals surface area contributed by atoms with Gasteiger partial charge in [-0.15, -0.1) is 0 Å². The summed E-state index contributed by atoms with van der Waals surface area (Å²) in [6, 6.07) is 14.2. The molecule has 0 aliphatic carbocycles. The van der Waals surface area contributed by atoms with Crippen LogP contribution in [0.1, 0.15) is 5.56 Å². The third kappa shape index (κ3) is 3.60. The second kappa shape index (κ2) is 6.70. The molecule has 1 N–H and O–H groups in total. The van der Waals surface area contributed by atoms with Crippen LogP contribution < -0.4 is 4.90 Å². The Balaban J connectivity index is 1.59. The summed E-state index contributed by atoms with van der Waals surface area (Å²) in [5, 5.41) is 2.32. The van der Waals surface area contributed by atoms with Crippen molar-refractivity contribution in [3.05, 3.63) is 48.0 Å². The highest BCUT2D eigenvalue weighted by Gasteiger charge is 2.18. The Labute approximate surface area is 124 Å². The predicted molar refractivity (Wildman–Crippen MR) is 80.1 cm³/mol. The number of carbonyl (C=O) groups is 1. The van der Waals surface area contributed by atoms with E-state index in [1.54, 1.807) is 0 Å². The highest BCUT2D eigenvalue weighted by molar-refractivity contribution is 5.85. The maximum absolute atomic E-state index is 11.9. The zero-order valence-corrected chi connectivity index (χ0v) is 12.0. The van der Waals surface area contributed by atoms with Crippen molar-refractivity contribution in [1.29, 1.82) is 0 Å². The summed E-state index contributed by atoms with van der Waals surface area (Å²) in [4.78, 5) is 13.2. The van der Waals surface area contributed by atoms with Gasteiger partial charge >= 0.3 is 5.97 Å². The fraction of sp³-hybridized carbons (Fsp3) is 0.353. The molecule has 1 saturated heterocycles. The molecule has 4 heteroatoms. The molecule has 0 radical (unpaired) electrons. The first-order valence-corrected chi connectivity index (χ1v) is 7.36. The van der Waals surface area contributed by atoms with E-state index >= 15 is 0 Å². The SMILES string of the molecule is O=C(C[NH+]1CCOCC1)OCc1cccc2ccccc12. The molecular formula is C17H20NO3+. The minimum absolute atomic E-state index is 0.139. The van der Waals surface area contributed by atoms with Crippen molar-refractivity contribution >= 4 is 16.7 Å². The number of esters is 1. The van der Waals surface area contributed by atoms with E-state index < -0.39 is 0 Å². The number of hydrogen-bond donors (Lipinski definition) is 1. The van der Waals surface area contributed by atoms with Gasteiger partial charge in [0.05, 0.1) is 13.2 Å². The van der Waals surface area contributed by atoms with Crippen molar-refractivity contribution < 1.29 is 19.2 Å². The first-order valence-electron chi connectivity index (χ1n) is 7.36. The van der Waals surface area contributed by atoms with Gasteiger partial charge in [-0.05, 0) is 16.3 Å². The molecule has 0 amide bonds. The zero-order valence-electron chi connectivity index (χ0n) is 12.0. The van der Waals surface area contributed by atoms with Crippen LogP contribution in [0.4, 0.5) is 0 Å². The molecule has 0 saturated carbocycles. The van der Waals surface area contributed by atoms with Crippen LogP contribution in [-0.2, 0) is 20.9 Å². The molecule has 0 spiro atoms. The molecule has 1 aliphatic heterocycles. The van der Waals surface area contributed by atoms with E-state index in [1.165, 1.54) is 10.3 Å². The molecule has 1 fully saturated rings. The number of ether oxygens (including phenoxy) is 2. The van der Waals surface area contributed by atoms with Gasteiger partial charge in [-0.1, -0.05) is 42.5 Å². The Bertz CT molecular complexity index is 615. The highest BCUT2D eigenvalue weighted by atomic mass is 16.5. The average Bonchev–Trinajstić information content (AvgIpc) is 2.54. The lowest BCUT2D eigenvalue weighted by atomic mass is 10.1. The third-order valence-electron chi connectivity index (χ3n) is 3.86. The number of quaternary nitrogens is 1. The van der Waals surface area contributed by atoms with Gasteiger partial charge in [-0.2, -0.15) is 0 Å². The van der Waals surface area contributed by atoms with Gasteiger partial charge in [0.1, 0.15) is 19.7 Å². The van der Waals surface area contributed by atoms with Gasteiger partial charge in [0, 0.05) is 0 Å². The summed E-state index contributed by atoms with van der Waals surface area (Å²) in [7, 11) is 0.